The van der Waals surface area contributed by atoms with Gasteiger partial charge < -0.3 is 14.3 Å². The molecule has 2 N–H and O–H groups in total. The normalized spacial score (nSPS) is 19.4. The molecule has 0 spiro atoms. The van der Waals surface area contributed by atoms with Gasteiger partial charge >= 0.3 is 5.97 Å². The summed E-state index contributed by atoms with van der Waals surface area (Å²) in [6.07, 6.45) is 0. The van der Waals surface area contributed by atoms with Crippen LogP contribution in [0.2, 0.25) is 0 Å². The Morgan fingerprint density at radius 1 is 1.41 bits per heavy atom. The molecule has 0 amide bonds. The monoisotopic (exact) mass is 402 g/mol. The molecular formula is C19H18N2O4S2. The maximum atomic E-state index is 11.2. The molecule has 6 nitrogen and oxygen atoms in total. The van der Waals surface area contributed by atoms with Gasteiger partial charge in [0.15, 0.2) is 5.58 Å². The number of rotatable bonds is 6. The summed E-state index contributed by atoms with van der Waals surface area (Å²) in [5.41, 5.74) is 3.67. The van der Waals surface area contributed by atoms with E-state index in [1.54, 1.807) is 18.9 Å². The number of aliphatic carboxylic acids is 1. The first-order valence-electron chi connectivity index (χ1n) is 8.39. The van der Waals surface area contributed by atoms with Crippen molar-refractivity contribution in [3.05, 3.63) is 53.6 Å². The van der Waals surface area contributed by atoms with E-state index in [0.29, 0.717) is 16.7 Å². The number of oxazole rings is 1. The van der Waals surface area contributed by atoms with Crippen LogP contribution in [-0.2, 0) is 10.5 Å². The zero-order chi connectivity index (χ0) is 18.8. The number of ether oxygens (including phenoxy) is 1. The smallest absolute Gasteiger partial charge is 0.321 e. The molecule has 1 saturated heterocycles. The SMILES string of the molecule is COc1ccc([C@H]2N[C@@H](C(=O)O)CS2)cc1CSc1nc2ccccc2o1. The van der Waals surface area contributed by atoms with Gasteiger partial charge in [0, 0.05) is 17.1 Å². The lowest BCUT2D eigenvalue weighted by molar-refractivity contribution is -0.138. The fraction of sp³-hybridized carbons (Fsp3) is 0.263. The Morgan fingerprint density at radius 3 is 3.00 bits per heavy atom. The van der Waals surface area contributed by atoms with Gasteiger partial charge in [0.1, 0.15) is 17.3 Å². The molecule has 0 bridgehead atoms. The van der Waals surface area contributed by atoms with Crippen molar-refractivity contribution in [3.8, 4) is 5.75 Å². The number of carbonyl (C=O) groups is 1. The summed E-state index contributed by atoms with van der Waals surface area (Å²) in [6, 6.07) is 13.1. The van der Waals surface area contributed by atoms with Crippen LogP contribution in [0, 0.1) is 0 Å². The van der Waals surface area contributed by atoms with E-state index in [9.17, 15) is 4.79 Å². The van der Waals surface area contributed by atoms with Gasteiger partial charge in [0.05, 0.1) is 12.5 Å². The Bertz CT molecular complexity index is 942. The maximum absolute atomic E-state index is 11.2. The van der Waals surface area contributed by atoms with Crippen LogP contribution in [0.25, 0.3) is 11.1 Å². The lowest BCUT2D eigenvalue weighted by Gasteiger charge is -2.15. The number of nitrogens with zero attached hydrogens (tertiary/aromatic N) is 1. The third-order valence-electron chi connectivity index (χ3n) is 4.31. The molecule has 1 aromatic heterocycles. The summed E-state index contributed by atoms with van der Waals surface area (Å²) in [4.78, 5) is 15.6. The molecule has 0 unspecified atom stereocenters. The number of benzene rings is 2. The van der Waals surface area contributed by atoms with Crippen LogP contribution >= 0.6 is 23.5 Å². The van der Waals surface area contributed by atoms with Crippen LogP contribution < -0.4 is 10.1 Å². The van der Waals surface area contributed by atoms with Gasteiger partial charge in [-0.2, -0.15) is 0 Å². The highest BCUT2D eigenvalue weighted by atomic mass is 32.2. The first-order chi connectivity index (χ1) is 13.1. The number of methoxy groups -OCH3 is 1. The van der Waals surface area contributed by atoms with E-state index in [1.807, 2.05) is 36.4 Å². The average Bonchev–Trinajstić information content (AvgIpc) is 3.33. The molecule has 8 heteroatoms. The molecule has 0 aliphatic carbocycles. The van der Waals surface area contributed by atoms with Crippen molar-refractivity contribution in [3.63, 3.8) is 0 Å². The van der Waals surface area contributed by atoms with Crippen LogP contribution in [0.5, 0.6) is 5.75 Å². The van der Waals surface area contributed by atoms with Crippen molar-refractivity contribution >= 4 is 40.6 Å². The van der Waals surface area contributed by atoms with Gasteiger partial charge in [-0.15, -0.1) is 11.8 Å². The van der Waals surface area contributed by atoms with E-state index in [-0.39, 0.29) is 5.37 Å². The van der Waals surface area contributed by atoms with Gasteiger partial charge in [-0.3, -0.25) is 10.1 Å². The molecule has 1 fully saturated rings. The highest BCUT2D eigenvalue weighted by Crippen LogP contribution is 2.36. The number of hydrogen-bond donors (Lipinski definition) is 2. The molecule has 1 aliphatic heterocycles. The fourth-order valence-electron chi connectivity index (χ4n) is 2.93. The Labute approximate surface area is 164 Å². The number of para-hydroxylation sites is 2. The number of nitrogens with one attached hydrogen (secondary N) is 1. The summed E-state index contributed by atoms with van der Waals surface area (Å²) < 4.78 is 11.2. The van der Waals surface area contributed by atoms with Gasteiger partial charge in [0.25, 0.3) is 5.22 Å². The van der Waals surface area contributed by atoms with E-state index >= 15 is 0 Å². The van der Waals surface area contributed by atoms with Crippen molar-refractivity contribution in [1.29, 1.82) is 0 Å². The largest absolute Gasteiger partial charge is 0.496 e. The zero-order valence-electron chi connectivity index (χ0n) is 14.5. The molecule has 140 valence electrons. The lowest BCUT2D eigenvalue weighted by atomic mass is 10.1. The highest BCUT2D eigenvalue weighted by Gasteiger charge is 2.30. The van der Waals surface area contributed by atoms with Crippen LogP contribution in [-0.4, -0.2) is 35.0 Å². The number of thioether (sulfide) groups is 2. The summed E-state index contributed by atoms with van der Waals surface area (Å²) in [6.45, 7) is 0. The maximum Gasteiger partial charge on any atom is 0.321 e. The van der Waals surface area contributed by atoms with Crippen molar-refractivity contribution in [1.82, 2.24) is 10.3 Å². The number of aromatic nitrogens is 1. The minimum absolute atomic E-state index is 0.0370. The Kier molecular flexibility index (Phi) is 5.29. The second-order valence-electron chi connectivity index (χ2n) is 6.08. The molecule has 1 aliphatic rings. The lowest BCUT2D eigenvalue weighted by Crippen LogP contribution is -2.33. The van der Waals surface area contributed by atoms with Crippen molar-refractivity contribution in [2.75, 3.05) is 12.9 Å². The summed E-state index contributed by atoms with van der Waals surface area (Å²) in [7, 11) is 1.64. The molecule has 3 aromatic rings. The minimum Gasteiger partial charge on any atom is -0.496 e. The predicted octanol–water partition coefficient (Wildman–Crippen LogP) is 3.92. The Hall–Kier alpha value is -2.16. The average molecular weight is 402 g/mol. The van der Waals surface area contributed by atoms with E-state index in [0.717, 1.165) is 28.0 Å². The van der Waals surface area contributed by atoms with Gasteiger partial charge in [-0.1, -0.05) is 30.0 Å². The van der Waals surface area contributed by atoms with Crippen LogP contribution in [0.15, 0.2) is 52.1 Å². The number of carboxylic acids is 1. The first-order valence-corrected chi connectivity index (χ1v) is 10.4. The quantitative estimate of drug-likeness (QED) is 0.600. The Balaban J connectivity index is 1.51. The molecule has 2 atom stereocenters. The second kappa shape index (κ2) is 7.84. The standard InChI is InChI=1S/C19H18N2O4S2/c1-24-15-7-6-11(17-20-14(10-26-17)18(22)23)8-12(15)9-27-19-21-13-4-2-3-5-16(13)25-19/h2-8,14,17,20H,9-10H2,1H3,(H,22,23)/t14-,17+/m1/s1. The van der Waals surface area contributed by atoms with E-state index in [2.05, 4.69) is 16.4 Å². The molecule has 27 heavy (non-hydrogen) atoms. The summed E-state index contributed by atoms with van der Waals surface area (Å²) >= 11 is 3.11. The van der Waals surface area contributed by atoms with E-state index < -0.39 is 12.0 Å². The number of fused-ring (bicyclic) bond motifs is 1. The second-order valence-corrected chi connectivity index (χ2v) is 8.14. The van der Waals surface area contributed by atoms with Crippen molar-refractivity contribution in [2.45, 2.75) is 22.4 Å². The van der Waals surface area contributed by atoms with Gasteiger partial charge in [-0.25, -0.2) is 4.98 Å². The van der Waals surface area contributed by atoms with E-state index in [1.165, 1.54) is 11.8 Å². The molecular weight excluding hydrogens is 384 g/mol. The summed E-state index contributed by atoms with van der Waals surface area (Å²) in [5.74, 6) is 1.17. The van der Waals surface area contributed by atoms with Crippen molar-refractivity contribution < 1.29 is 19.1 Å². The predicted molar refractivity (Wildman–Crippen MR) is 106 cm³/mol. The summed E-state index contributed by atoms with van der Waals surface area (Å²) in [5, 5.41) is 12.9. The van der Waals surface area contributed by atoms with E-state index in [4.69, 9.17) is 14.3 Å². The third kappa shape index (κ3) is 3.92. The Morgan fingerprint density at radius 2 is 2.26 bits per heavy atom. The zero-order valence-corrected chi connectivity index (χ0v) is 16.2. The molecule has 4 rings (SSSR count). The minimum atomic E-state index is -0.815. The highest BCUT2D eigenvalue weighted by molar-refractivity contribution is 7.99. The number of carboxylic acid groups (broad SMARTS) is 1. The molecule has 2 aromatic carbocycles. The van der Waals surface area contributed by atoms with Crippen LogP contribution in [0.4, 0.5) is 0 Å². The fourth-order valence-corrected chi connectivity index (χ4v) is 4.97. The molecule has 0 radical (unpaired) electrons. The topological polar surface area (TPSA) is 84.6 Å². The van der Waals surface area contributed by atoms with Crippen LogP contribution in [0.3, 0.4) is 0 Å². The van der Waals surface area contributed by atoms with Gasteiger partial charge in [0.2, 0.25) is 0 Å². The first kappa shape index (κ1) is 18.2. The molecule has 0 saturated carbocycles. The number of hydrogen-bond acceptors (Lipinski definition) is 7. The molecule has 2 heterocycles. The van der Waals surface area contributed by atoms with Gasteiger partial charge in [-0.05, 0) is 29.8 Å². The van der Waals surface area contributed by atoms with Crippen LogP contribution in [0.1, 0.15) is 16.5 Å². The van der Waals surface area contributed by atoms with Crippen molar-refractivity contribution in [2.24, 2.45) is 0 Å². The third-order valence-corrected chi connectivity index (χ3v) is 6.46.